The lowest BCUT2D eigenvalue weighted by molar-refractivity contribution is -0.00546. The molecular formula is C21H27N3O2S. The molecule has 1 aliphatic heterocycles. The third kappa shape index (κ3) is 4.17. The van der Waals surface area contributed by atoms with Gasteiger partial charge in [0.2, 0.25) is 0 Å². The smallest absolute Gasteiger partial charge is 0.252 e. The van der Waals surface area contributed by atoms with E-state index in [-0.39, 0.29) is 18.1 Å². The normalized spacial score (nSPS) is 22.4. The number of nitrogens with one attached hydrogen (secondary N) is 1. The maximum atomic E-state index is 12.6. The summed E-state index contributed by atoms with van der Waals surface area (Å²) in [7, 11) is 0. The summed E-state index contributed by atoms with van der Waals surface area (Å²) < 4.78 is 5.79. The fraction of sp³-hybridized carbons (Fsp3) is 0.524. The van der Waals surface area contributed by atoms with E-state index in [9.17, 15) is 4.79 Å². The molecule has 1 aliphatic carbocycles. The molecule has 144 valence electrons. The summed E-state index contributed by atoms with van der Waals surface area (Å²) in [6.07, 6.45) is 6.88. The standard InChI is InChI=1S/C21H27N3O2S/c1-14-11-24(12-15(2)26-14)20-8-7-16(9-22-20)10-23-21(25)18-13-27-19-6-4-3-5-17(18)19/h7-9,13-15H,3-6,10-12H2,1-2H3,(H,23,25)/t14-,15+. The molecule has 1 fully saturated rings. The van der Waals surface area contributed by atoms with E-state index >= 15 is 0 Å². The van der Waals surface area contributed by atoms with Crippen LogP contribution in [-0.4, -0.2) is 36.2 Å². The lowest BCUT2D eigenvalue weighted by Crippen LogP contribution is -2.45. The second-order valence-electron chi connectivity index (χ2n) is 7.63. The molecule has 0 aromatic carbocycles. The van der Waals surface area contributed by atoms with Gasteiger partial charge in [0.15, 0.2) is 0 Å². The monoisotopic (exact) mass is 385 g/mol. The second-order valence-corrected chi connectivity index (χ2v) is 8.59. The zero-order valence-corrected chi connectivity index (χ0v) is 16.8. The van der Waals surface area contributed by atoms with E-state index in [0.29, 0.717) is 6.54 Å². The lowest BCUT2D eigenvalue weighted by atomic mass is 9.95. The Hall–Kier alpha value is -1.92. The summed E-state index contributed by atoms with van der Waals surface area (Å²) in [4.78, 5) is 20.9. The molecule has 27 heavy (non-hydrogen) atoms. The number of nitrogens with zero attached hydrogens (tertiary/aromatic N) is 2. The van der Waals surface area contributed by atoms with Gasteiger partial charge in [0.05, 0.1) is 17.8 Å². The minimum Gasteiger partial charge on any atom is -0.372 e. The molecule has 0 saturated carbocycles. The summed E-state index contributed by atoms with van der Waals surface area (Å²) >= 11 is 1.73. The van der Waals surface area contributed by atoms with Crippen molar-refractivity contribution in [2.24, 2.45) is 0 Å². The van der Waals surface area contributed by atoms with Crippen molar-refractivity contribution in [2.75, 3.05) is 18.0 Å². The number of aryl methyl sites for hydroxylation is 1. The number of aromatic nitrogens is 1. The van der Waals surface area contributed by atoms with Gasteiger partial charge >= 0.3 is 0 Å². The van der Waals surface area contributed by atoms with Crippen LogP contribution in [0.25, 0.3) is 0 Å². The Morgan fingerprint density at radius 2 is 2.04 bits per heavy atom. The molecule has 5 nitrogen and oxygen atoms in total. The largest absolute Gasteiger partial charge is 0.372 e. The molecule has 6 heteroatoms. The van der Waals surface area contributed by atoms with E-state index in [1.165, 1.54) is 23.3 Å². The van der Waals surface area contributed by atoms with Crippen LogP contribution in [0.2, 0.25) is 0 Å². The molecule has 2 aliphatic rings. The van der Waals surface area contributed by atoms with E-state index in [0.717, 1.165) is 42.9 Å². The average molecular weight is 386 g/mol. The Bertz CT molecular complexity index is 792. The SMILES string of the molecule is C[C@@H]1CN(c2ccc(CNC(=O)c3csc4c3CCCC4)cn2)C[C@H](C)O1. The Balaban J connectivity index is 1.36. The van der Waals surface area contributed by atoms with E-state index in [1.807, 2.05) is 17.6 Å². The van der Waals surface area contributed by atoms with Crippen LogP contribution in [0.3, 0.4) is 0 Å². The number of amides is 1. The third-order valence-corrected chi connectivity index (χ3v) is 6.40. The van der Waals surface area contributed by atoms with Crippen LogP contribution in [0.1, 0.15) is 53.1 Å². The number of fused-ring (bicyclic) bond motifs is 1. The highest BCUT2D eigenvalue weighted by atomic mass is 32.1. The summed E-state index contributed by atoms with van der Waals surface area (Å²) in [5, 5.41) is 5.08. The molecule has 2 atom stereocenters. The van der Waals surface area contributed by atoms with Gasteiger partial charge in [0.1, 0.15) is 5.82 Å². The Kier molecular flexibility index (Phi) is 5.45. The maximum Gasteiger partial charge on any atom is 0.252 e. The molecule has 0 radical (unpaired) electrons. The Labute approximate surface area is 164 Å². The summed E-state index contributed by atoms with van der Waals surface area (Å²) in [5.41, 5.74) is 3.16. The van der Waals surface area contributed by atoms with Crippen molar-refractivity contribution in [2.45, 2.75) is 58.3 Å². The van der Waals surface area contributed by atoms with Gasteiger partial charge in [-0.15, -0.1) is 11.3 Å². The molecule has 0 spiro atoms. The highest BCUT2D eigenvalue weighted by Gasteiger charge is 2.23. The quantitative estimate of drug-likeness (QED) is 0.874. The van der Waals surface area contributed by atoms with Crippen molar-refractivity contribution >= 4 is 23.1 Å². The predicted molar refractivity (Wildman–Crippen MR) is 109 cm³/mol. The number of anilines is 1. The zero-order valence-electron chi connectivity index (χ0n) is 16.0. The molecule has 3 heterocycles. The Morgan fingerprint density at radius 1 is 1.26 bits per heavy atom. The highest BCUT2D eigenvalue weighted by Crippen LogP contribution is 2.30. The van der Waals surface area contributed by atoms with Gasteiger partial charge < -0.3 is 15.0 Å². The number of carbonyl (C=O) groups is 1. The van der Waals surface area contributed by atoms with Gasteiger partial charge in [-0.25, -0.2) is 4.98 Å². The number of morpholine rings is 1. The van der Waals surface area contributed by atoms with Crippen LogP contribution >= 0.6 is 11.3 Å². The molecule has 2 aromatic heterocycles. The first-order valence-corrected chi connectivity index (χ1v) is 10.7. The number of ether oxygens (including phenoxy) is 1. The van der Waals surface area contributed by atoms with E-state index in [1.54, 1.807) is 11.3 Å². The topological polar surface area (TPSA) is 54.5 Å². The summed E-state index contributed by atoms with van der Waals surface area (Å²) in [6, 6.07) is 4.09. The van der Waals surface area contributed by atoms with Crippen molar-refractivity contribution in [3.05, 3.63) is 45.3 Å². The van der Waals surface area contributed by atoms with Gasteiger partial charge in [0, 0.05) is 36.1 Å². The van der Waals surface area contributed by atoms with Gasteiger partial charge in [0.25, 0.3) is 5.91 Å². The molecular weight excluding hydrogens is 358 g/mol. The van der Waals surface area contributed by atoms with Crippen molar-refractivity contribution in [1.82, 2.24) is 10.3 Å². The maximum absolute atomic E-state index is 12.6. The first-order chi connectivity index (χ1) is 13.1. The van der Waals surface area contributed by atoms with Crippen LogP contribution in [0.5, 0.6) is 0 Å². The molecule has 0 bridgehead atoms. The van der Waals surface area contributed by atoms with Gasteiger partial charge in [-0.2, -0.15) is 0 Å². The van der Waals surface area contributed by atoms with Crippen molar-refractivity contribution < 1.29 is 9.53 Å². The molecule has 4 rings (SSSR count). The van der Waals surface area contributed by atoms with E-state index < -0.39 is 0 Å². The van der Waals surface area contributed by atoms with Crippen LogP contribution < -0.4 is 10.2 Å². The van der Waals surface area contributed by atoms with E-state index in [2.05, 4.69) is 35.1 Å². The fourth-order valence-electron chi connectivity index (χ4n) is 4.04. The first-order valence-electron chi connectivity index (χ1n) is 9.83. The number of hydrogen-bond acceptors (Lipinski definition) is 5. The predicted octanol–water partition coefficient (Wildman–Crippen LogP) is 3.57. The average Bonchev–Trinajstić information content (AvgIpc) is 3.10. The highest BCUT2D eigenvalue weighted by molar-refractivity contribution is 7.10. The molecule has 1 saturated heterocycles. The number of carbonyl (C=O) groups excluding carboxylic acids is 1. The number of hydrogen-bond donors (Lipinski definition) is 1. The molecule has 2 aromatic rings. The molecule has 1 amide bonds. The lowest BCUT2D eigenvalue weighted by Gasteiger charge is -2.36. The van der Waals surface area contributed by atoms with Crippen molar-refractivity contribution in [1.29, 1.82) is 0 Å². The van der Waals surface area contributed by atoms with Crippen molar-refractivity contribution in [3.63, 3.8) is 0 Å². The van der Waals surface area contributed by atoms with E-state index in [4.69, 9.17) is 4.74 Å². The van der Waals surface area contributed by atoms with Gasteiger partial charge in [-0.05, 0) is 56.7 Å². The number of rotatable bonds is 4. The van der Waals surface area contributed by atoms with Crippen LogP contribution in [0.4, 0.5) is 5.82 Å². The molecule has 0 unspecified atom stereocenters. The van der Waals surface area contributed by atoms with Gasteiger partial charge in [-0.1, -0.05) is 6.07 Å². The second kappa shape index (κ2) is 7.98. The Morgan fingerprint density at radius 3 is 2.78 bits per heavy atom. The summed E-state index contributed by atoms with van der Waals surface area (Å²) in [5.74, 6) is 1.01. The van der Waals surface area contributed by atoms with Gasteiger partial charge in [-0.3, -0.25) is 4.79 Å². The van der Waals surface area contributed by atoms with Crippen LogP contribution in [-0.2, 0) is 24.1 Å². The first kappa shape index (κ1) is 18.4. The zero-order chi connectivity index (χ0) is 18.8. The minimum absolute atomic E-state index is 0.0364. The molecule has 1 N–H and O–H groups in total. The fourth-order valence-corrected chi connectivity index (χ4v) is 5.16. The number of pyridine rings is 1. The minimum atomic E-state index is 0.0364. The third-order valence-electron chi connectivity index (χ3n) is 5.31. The van der Waals surface area contributed by atoms with Crippen molar-refractivity contribution in [3.8, 4) is 0 Å². The van der Waals surface area contributed by atoms with Crippen LogP contribution in [0.15, 0.2) is 23.7 Å². The summed E-state index contributed by atoms with van der Waals surface area (Å²) in [6.45, 7) is 6.41. The number of thiophene rings is 1. The van der Waals surface area contributed by atoms with Crippen LogP contribution in [0, 0.1) is 0 Å².